The van der Waals surface area contributed by atoms with Gasteiger partial charge in [-0.3, -0.25) is 4.79 Å². The molecule has 1 atom stereocenters. The third-order valence-corrected chi connectivity index (χ3v) is 2.80. The Kier molecular flexibility index (Phi) is 6.62. The van der Waals surface area contributed by atoms with Crippen LogP contribution in [0.25, 0.3) is 0 Å². The van der Waals surface area contributed by atoms with Crippen molar-refractivity contribution in [3.8, 4) is 5.75 Å². The first kappa shape index (κ1) is 18.2. The summed E-state index contributed by atoms with van der Waals surface area (Å²) in [6.45, 7) is 13.5. The fourth-order valence-corrected chi connectivity index (χ4v) is 1.80. The molecule has 0 aliphatic rings. The second-order valence-corrected chi connectivity index (χ2v) is 6.42. The Morgan fingerprint density at radius 2 is 1.86 bits per heavy atom. The third kappa shape index (κ3) is 6.76. The maximum Gasteiger partial charge on any atom is 0.246 e. The Labute approximate surface area is 133 Å². The van der Waals surface area contributed by atoms with Gasteiger partial charge in [-0.2, -0.15) is 0 Å². The molecule has 0 aromatic heterocycles. The molecule has 0 radical (unpaired) electrons. The van der Waals surface area contributed by atoms with E-state index >= 15 is 0 Å². The Bertz CT molecular complexity index is 486. The van der Waals surface area contributed by atoms with E-state index in [0.29, 0.717) is 0 Å². The highest BCUT2D eigenvalue weighted by Gasteiger charge is 2.15. The molecule has 0 saturated carbocycles. The molecule has 1 amide bonds. The Morgan fingerprint density at radius 3 is 2.32 bits per heavy atom. The number of hydrogen-bond donors (Lipinski definition) is 1. The van der Waals surface area contributed by atoms with Crippen molar-refractivity contribution in [3.63, 3.8) is 0 Å². The minimum absolute atomic E-state index is 0.0301. The topological polar surface area (TPSA) is 47.6 Å². The van der Waals surface area contributed by atoms with E-state index < -0.39 is 0 Å². The van der Waals surface area contributed by atoms with Gasteiger partial charge in [0, 0.05) is 0 Å². The van der Waals surface area contributed by atoms with Gasteiger partial charge in [-0.15, -0.1) is 6.58 Å². The van der Waals surface area contributed by atoms with Gasteiger partial charge in [-0.1, -0.05) is 18.2 Å². The number of rotatable bonds is 7. The highest BCUT2D eigenvalue weighted by Crippen LogP contribution is 2.19. The predicted molar refractivity (Wildman–Crippen MR) is 89.0 cm³/mol. The van der Waals surface area contributed by atoms with Crippen LogP contribution in [0.1, 0.15) is 46.2 Å². The van der Waals surface area contributed by atoms with Gasteiger partial charge in [-0.25, -0.2) is 0 Å². The maximum atomic E-state index is 11.9. The van der Waals surface area contributed by atoms with Gasteiger partial charge in [0.25, 0.3) is 0 Å². The van der Waals surface area contributed by atoms with Crippen molar-refractivity contribution in [3.05, 3.63) is 42.5 Å². The Hall–Kier alpha value is -1.81. The molecule has 0 heterocycles. The number of carbonyl (C=O) groups excluding carboxylic acids is 1. The first-order valence-corrected chi connectivity index (χ1v) is 7.54. The molecule has 22 heavy (non-hydrogen) atoms. The molecule has 0 aliphatic carbocycles. The molecule has 4 nitrogen and oxygen atoms in total. The summed E-state index contributed by atoms with van der Waals surface area (Å²) in [6.07, 6.45) is 1.84. The van der Waals surface area contributed by atoms with Gasteiger partial charge in [0.15, 0.2) is 0 Å². The van der Waals surface area contributed by atoms with Crippen LogP contribution >= 0.6 is 0 Å². The van der Waals surface area contributed by atoms with Crippen LogP contribution in [0.3, 0.4) is 0 Å². The van der Waals surface area contributed by atoms with E-state index in [-0.39, 0.29) is 30.3 Å². The smallest absolute Gasteiger partial charge is 0.246 e. The van der Waals surface area contributed by atoms with E-state index in [4.69, 9.17) is 9.47 Å². The third-order valence-electron chi connectivity index (χ3n) is 2.80. The first-order chi connectivity index (χ1) is 10.2. The van der Waals surface area contributed by atoms with E-state index in [1.165, 1.54) is 0 Å². The quantitative estimate of drug-likeness (QED) is 0.783. The fraction of sp³-hybridized carbons (Fsp3) is 0.500. The van der Waals surface area contributed by atoms with E-state index in [2.05, 4.69) is 11.9 Å². The number of nitrogens with one attached hydrogen (secondary N) is 1. The summed E-state index contributed by atoms with van der Waals surface area (Å²) >= 11 is 0. The monoisotopic (exact) mass is 305 g/mol. The van der Waals surface area contributed by atoms with Crippen LogP contribution in [-0.2, 0) is 9.53 Å². The lowest BCUT2D eigenvalue weighted by Gasteiger charge is -2.21. The molecule has 0 saturated heterocycles. The zero-order valence-corrected chi connectivity index (χ0v) is 14.2. The lowest BCUT2D eigenvalue weighted by Crippen LogP contribution is -2.34. The lowest BCUT2D eigenvalue weighted by molar-refractivity contribution is -0.131. The van der Waals surface area contributed by atoms with Crippen molar-refractivity contribution in [2.24, 2.45) is 0 Å². The van der Waals surface area contributed by atoms with E-state index in [1.807, 2.05) is 58.9 Å². The van der Waals surface area contributed by atoms with Crippen molar-refractivity contribution >= 4 is 5.91 Å². The molecule has 0 spiro atoms. The summed E-state index contributed by atoms with van der Waals surface area (Å²) in [6, 6.07) is 7.39. The summed E-state index contributed by atoms with van der Waals surface area (Å²) in [7, 11) is 0. The first-order valence-electron chi connectivity index (χ1n) is 7.54. The number of hydrogen-bond acceptors (Lipinski definition) is 3. The maximum absolute atomic E-state index is 11.9. The molecule has 0 fully saturated rings. The Morgan fingerprint density at radius 1 is 1.27 bits per heavy atom. The Balaban J connectivity index is 2.63. The summed E-state index contributed by atoms with van der Waals surface area (Å²) in [5, 5.41) is 2.89. The van der Waals surface area contributed by atoms with Crippen LogP contribution in [0.15, 0.2) is 36.9 Å². The minimum Gasteiger partial charge on any atom is -0.491 e. The normalized spacial score (nSPS) is 12.8. The zero-order chi connectivity index (χ0) is 16.8. The van der Waals surface area contributed by atoms with Crippen LogP contribution in [0.4, 0.5) is 0 Å². The van der Waals surface area contributed by atoms with E-state index in [1.54, 1.807) is 6.08 Å². The summed E-state index contributed by atoms with van der Waals surface area (Å²) in [5.41, 5.74) is 0.617. The summed E-state index contributed by atoms with van der Waals surface area (Å²) in [5.74, 6) is 0.645. The van der Waals surface area contributed by atoms with Gasteiger partial charge in [0.1, 0.15) is 12.4 Å². The predicted octanol–water partition coefficient (Wildman–Crippen LogP) is 3.63. The highest BCUT2D eigenvalue weighted by atomic mass is 16.5. The van der Waals surface area contributed by atoms with E-state index in [9.17, 15) is 4.79 Å². The number of benzene rings is 1. The molecule has 0 bridgehead atoms. The van der Waals surface area contributed by atoms with Gasteiger partial charge in [0.05, 0.1) is 17.7 Å². The van der Waals surface area contributed by atoms with Crippen molar-refractivity contribution < 1.29 is 14.3 Å². The van der Waals surface area contributed by atoms with Crippen molar-refractivity contribution in [1.82, 2.24) is 5.32 Å². The zero-order valence-electron chi connectivity index (χ0n) is 14.2. The number of carbonyl (C=O) groups is 1. The molecule has 122 valence electrons. The average molecular weight is 305 g/mol. The van der Waals surface area contributed by atoms with Crippen molar-refractivity contribution in [2.75, 3.05) is 6.61 Å². The standard InChI is InChI=1S/C18H27NO3/c1-7-16(19-17(20)12-21-18(4,5)6)14-8-10-15(11-9-14)22-13(2)3/h7-11,13,16H,1,12H2,2-6H3,(H,19,20). The molecule has 1 aromatic rings. The van der Waals surface area contributed by atoms with Crippen LogP contribution in [0.2, 0.25) is 0 Å². The molecule has 1 unspecified atom stereocenters. The van der Waals surface area contributed by atoms with Crippen LogP contribution in [0, 0.1) is 0 Å². The van der Waals surface area contributed by atoms with Crippen LogP contribution in [-0.4, -0.2) is 24.2 Å². The molecular formula is C18H27NO3. The summed E-state index contributed by atoms with van der Waals surface area (Å²) < 4.78 is 11.1. The molecule has 1 N–H and O–H groups in total. The average Bonchev–Trinajstić information content (AvgIpc) is 2.42. The molecule has 4 heteroatoms. The summed E-state index contributed by atoms with van der Waals surface area (Å²) in [4.78, 5) is 11.9. The minimum atomic E-state index is -0.336. The number of amides is 1. The van der Waals surface area contributed by atoms with Gasteiger partial charge >= 0.3 is 0 Å². The molecule has 1 aromatic carbocycles. The van der Waals surface area contributed by atoms with Crippen molar-refractivity contribution in [1.29, 1.82) is 0 Å². The largest absolute Gasteiger partial charge is 0.491 e. The lowest BCUT2D eigenvalue weighted by atomic mass is 10.1. The number of ether oxygens (including phenoxy) is 2. The van der Waals surface area contributed by atoms with Gasteiger partial charge < -0.3 is 14.8 Å². The van der Waals surface area contributed by atoms with Gasteiger partial charge in [0.2, 0.25) is 5.91 Å². The second kappa shape index (κ2) is 7.99. The molecule has 1 rings (SSSR count). The highest BCUT2D eigenvalue weighted by molar-refractivity contribution is 5.78. The molecular weight excluding hydrogens is 278 g/mol. The van der Waals surface area contributed by atoms with Crippen LogP contribution in [0.5, 0.6) is 5.75 Å². The molecule has 0 aliphatic heterocycles. The second-order valence-electron chi connectivity index (χ2n) is 6.42. The van der Waals surface area contributed by atoms with Gasteiger partial charge in [-0.05, 0) is 52.3 Å². The fourth-order valence-electron chi connectivity index (χ4n) is 1.80. The van der Waals surface area contributed by atoms with Crippen LogP contribution < -0.4 is 10.1 Å². The SMILES string of the molecule is C=CC(NC(=O)COC(C)(C)C)c1ccc(OC(C)C)cc1. The van der Waals surface area contributed by atoms with Crippen molar-refractivity contribution in [2.45, 2.75) is 52.4 Å². The van der Waals surface area contributed by atoms with E-state index in [0.717, 1.165) is 11.3 Å².